The number of halogens is 1. The van der Waals surface area contributed by atoms with E-state index in [1.165, 1.54) is 10.8 Å². The topological polar surface area (TPSA) is 98.9 Å². The van der Waals surface area contributed by atoms with Crippen molar-refractivity contribution in [1.82, 2.24) is 19.1 Å². The molecular formula is C21H16ClN5O3. The zero-order valence-corrected chi connectivity index (χ0v) is 16.4. The molecule has 1 aromatic carbocycles. The van der Waals surface area contributed by atoms with E-state index >= 15 is 0 Å². The average Bonchev–Trinajstić information content (AvgIpc) is 2.76. The molecule has 0 saturated carbocycles. The lowest BCUT2D eigenvalue weighted by atomic mass is 10.2. The summed E-state index contributed by atoms with van der Waals surface area (Å²) in [5.74, 6) is -0.418. The van der Waals surface area contributed by atoms with Gasteiger partial charge >= 0.3 is 5.69 Å². The van der Waals surface area contributed by atoms with Gasteiger partial charge in [-0.1, -0.05) is 11.6 Å². The maximum Gasteiger partial charge on any atom is 0.332 e. The standard InChI is InChI=1S/C21H16ClN5O3/c22-15-3-5-16(6-4-15)25-18(28)13-26-17-2-1-9-24-19(17)20(29)27(21(26)30)12-14-7-10-23-11-8-14/h1-11H,12-13H2,(H,25,28). The zero-order chi connectivity index (χ0) is 21.1. The van der Waals surface area contributed by atoms with Crippen molar-refractivity contribution in [3.8, 4) is 0 Å². The lowest BCUT2D eigenvalue weighted by molar-refractivity contribution is -0.116. The van der Waals surface area contributed by atoms with Crippen molar-refractivity contribution in [3.63, 3.8) is 0 Å². The van der Waals surface area contributed by atoms with Crippen LogP contribution in [0.1, 0.15) is 5.56 Å². The minimum Gasteiger partial charge on any atom is -0.325 e. The summed E-state index contributed by atoms with van der Waals surface area (Å²) >= 11 is 5.86. The number of carbonyl (C=O) groups is 1. The van der Waals surface area contributed by atoms with Crippen LogP contribution in [0.25, 0.3) is 11.0 Å². The maximum absolute atomic E-state index is 13.1. The Hall–Kier alpha value is -3.78. The average molecular weight is 422 g/mol. The van der Waals surface area contributed by atoms with Gasteiger partial charge in [0.2, 0.25) is 5.91 Å². The van der Waals surface area contributed by atoms with Crippen LogP contribution in [-0.4, -0.2) is 25.0 Å². The lowest BCUT2D eigenvalue weighted by Crippen LogP contribution is -2.42. The maximum atomic E-state index is 13.1. The van der Waals surface area contributed by atoms with E-state index in [9.17, 15) is 14.4 Å². The van der Waals surface area contributed by atoms with Crippen LogP contribution < -0.4 is 16.6 Å². The van der Waals surface area contributed by atoms with E-state index in [2.05, 4.69) is 15.3 Å². The van der Waals surface area contributed by atoms with Gasteiger partial charge in [0.25, 0.3) is 5.56 Å². The monoisotopic (exact) mass is 421 g/mol. The second-order valence-electron chi connectivity index (χ2n) is 6.54. The van der Waals surface area contributed by atoms with Gasteiger partial charge in [-0.3, -0.25) is 23.7 Å². The molecule has 30 heavy (non-hydrogen) atoms. The zero-order valence-electron chi connectivity index (χ0n) is 15.7. The molecule has 0 spiro atoms. The first-order chi connectivity index (χ1) is 14.5. The molecule has 0 fully saturated rings. The van der Waals surface area contributed by atoms with E-state index < -0.39 is 17.2 Å². The first-order valence-corrected chi connectivity index (χ1v) is 9.43. The summed E-state index contributed by atoms with van der Waals surface area (Å²) in [4.78, 5) is 46.7. The minimum atomic E-state index is -0.594. The third kappa shape index (κ3) is 3.99. The Morgan fingerprint density at radius 1 is 0.967 bits per heavy atom. The Labute approximate surface area is 175 Å². The van der Waals surface area contributed by atoms with Crippen molar-refractivity contribution >= 4 is 34.2 Å². The van der Waals surface area contributed by atoms with Crippen LogP contribution in [0.3, 0.4) is 0 Å². The highest BCUT2D eigenvalue weighted by molar-refractivity contribution is 6.30. The molecule has 150 valence electrons. The normalized spacial score (nSPS) is 10.8. The SMILES string of the molecule is O=C(Cn1c(=O)n(Cc2ccncc2)c(=O)c2ncccc21)Nc1ccc(Cl)cc1. The van der Waals surface area contributed by atoms with Gasteiger partial charge in [-0.25, -0.2) is 9.78 Å². The molecule has 0 unspecified atom stereocenters. The number of carbonyl (C=O) groups excluding carboxylic acids is 1. The fraction of sp³-hybridized carbons (Fsp3) is 0.0952. The molecule has 1 N–H and O–H groups in total. The Morgan fingerprint density at radius 3 is 2.43 bits per heavy atom. The van der Waals surface area contributed by atoms with Gasteiger partial charge in [-0.2, -0.15) is 0 Å². The summed E-state index contributed by atoms with van der Waals surface area (Å²) in [5, 5.41) is 3.27. The molecule has 0 aliphatic heterocycles. The second kappa shape index (κ2) is 8.30. The smallest absolute Gasteiger partial charge is 0.325 e. The first-order valence-electron chi connectivity index (χ1n) is 9.05. The molecule has 0 aliphatic rings. The van der Waals surface area contributed by atoms with Crippen molar-refractivity contribution in [2.24, 2.45) is 0 Å². The van der Waals surface area contributed by atoms with Crippen LogP contribution in [0.5, 0.6) is 0 Å². The number of hydrogen-bond acceptors (Lipinski definition) is 5. The predicted octanol–water partition coefficient (Wildman–Crippen LogP) is 2.29. The minimum absolute atomic E-state index is 0.0471. The molecule has 1 amide bonds. The van der Waals surface area contributed by atoms with Gasteiger partial charge in [0.05, 0.1) is 12.1 Å². The molecule has 3 aromatic heterocycles. The van der Waals surface area contributed by atoms with E-state index in [0.717, 1.165) is 10.1 Å². The largest absolute Gasteiger partial charge is 0.332 e. The quantitative estimate of drug-likeness (QED) is 0.533. The third-order valence-corrected chi connectivity index (χ3v) is 4.76. The van der Waals surface area contributed by atoms with Gasteiger partial charge in [0.1, 0.15) is 6.54 Å². The summed E-state index contributed by atoms with van der Waals surface area (Å²) in [7, 11) is 0. The molecule has 0 atom stereocenters. The van der Waals surface area contributed by atoms with E-state index in [0.29, 0.717) is 16.2 Å². The van der Waals surface area contributed by atoms with E-state index in [-0.39, 0.29) is 18.6 Å². The number of aromatic nitrogens is 4. The van der Waals surface area contributed by atoms with Gasteiger partial charge in [0, 0.05) is 29.3 Å². The summed E-state index contributed by atoms with van der Waals surface area (Å²) in [6.07, 6.45) is 4.64. The van der Waals surface area contributed by atoms with Crippen LogP contribution in [0.15, 0.2) is 76.7 Å². The van der Waals surface area contributed by atoms with Crippen LogP contribution in [0, 0.1) is 0 Å². The number of amides is 1. The molecule has 3 heterocycles. The van der Waals surface area contributed by atoms with Gasteiger partial charge in [-0.15, -0.1) is 0 Å². The van der Waals surface area contributed by atoms with Crippen LogP contribution in [-0.2, 0) is 17.9 Å². The van der Waals surface area contributed by atoms with Crippen molar-refractivity contribution in [3.05, 3.63) is 98.5 Å². The van der Waals surface area contributed by atoms with E-state index in [1.54, 1.807) is 60.9 Å². The summed E-state index contributed by atoms with van der Waals surface area (Å²) in [5.41, 5.74) is 0.585. The van der Waals surface area contributed by atoms with Crippen molar-refractivity contribution in [2.45, 2.75) is 13.1 Å². The molecule has 9 heteroatoms. The number of rotatable bonds is 5. The number of fused-ring (bicyclic) bond motifs is 1. The van der Waals surface area contributed by atoms with Crippen molar-refractivity contribution < 1.29 is 4.79 Å². The number of benzene rings is 1. The van der Waals surface area contributed by atoms with Crippen molar-refractivity contribution in [1.29, 1.82) is 0 Å². The third-order valence-electron chi connectivity index (χ3n) is 4.51. The van der Waals surface area contributed by atoms with Gasteiger partial charge in [-0.05, 0) is 54.1 Å². The molecule has 4 aromatic rings. The Morgan fingerprint density at radius 2 is 1.70 bits per heavy atom. The molecule has 0 aliphatic carbocycles. The highest BCUT2D eigenvalue weighted by Crippen LogP contribution is 2.13. The van der Waals surface area contributed by atoms with Gasteiger partial charge in [0.15, 0.2) is 5.52 Å². The number of anilines is 1. The van der Waals surface area contributed by atoms with E-state index in [1.807, 2.05) is 0 Å². The van der Waals surface area contributed by atoms with Gasteiger partial charge < -0.3 is 5.32 Å². The van der Waals surface area contributed by atoms with E-state index in [4.69, 9.17) is 11.6 Å². The summed E-state index contributed by atoms with van der Waals surface area (Å²) < 4.78 is 2.32. The summed E-state index contributed by atoms with van der Waals surface area (Å²) in [6.45, 7) is -0.230. The first kappa shape index (κ1) is 19.5. The number of hydrogen-bond donors (Lipinski definition) is 1. The molecule has 0 saturated heterocycles. The van der Waals surface area contributed by atoms with Crippen molar-refractivity contribution in [2.75, 3.05) is 5.32 Å². The number of pyridine rings is 2. The fourth-order valence-corrected chi connectivity index (χ4v) is 3.21. The Kier molecular flexibility index (Phi) is 5.40. The second-order valence-corrected chi connectivity index (χ2v) is 6.98. The molecule has 4 rings (SSSR count). The Balaban J connectivity index is 1.74. The molecular weight excluding hydrogens is 406 g/mol. The van der Waals surface area contributed by atoms with Crippen LogP contribution >= 0.6 is 11.6 Å². The molecule has 8 nitrogen and oxygen atoms in total. The predicted molar refractivity (Wildman–Crippen MR) is 114 cm³/mol. The lowest BCUT2D eigenvalue weighted by Gasteiger charge is -2.14. The van der Waals surface area contributed by atoms with Crippen LogP contribution in [0.2, 0.25) is 5.02 Å². The highest BCUT2D eigenvalue weighted by atomic mass is 35.5. The number of nitrogens with zero attached hydrogens (tertiary/aromatic N) is 4. The number of nitrogens with one attached hydrogen (secondary N) is 1. The van der Waals surface area contributed by atoms with Crippen LogP contribution in [0.4, 0.5) is 5.69 Å². The molecule has 0 bridgehead atoms. The highest BCUT2D eigenvalue weighted by Gasteiger charge is 2.16. The Bertz CT molecular complexity index is 1330. The molecule has 0 radical (unpaired) electrons. The summed E-state index contributed by atoms with van der Waals surface area (Å²) in [6, 6.07) is 13.3. The fourth-order valence-electron chi connectivity index (χ4n) is 3.08.